The number of carbonyl (C=O) groups excluding carboxylic acids is 1. The number of methoxy groups -OCH3 is 1. The minimum absolute atomic E-state index is 0.0418. The fraction of sp³-hybridized carbons (Fsp3) is 0.545. The van der Waals surface area contributed by atoms with Crippen LogP contribution < -0.4 is 16.8 Å². The predicted molar refractivity (Wildman–Crippen MR) is 79.9 cm³/mol. The summed E-state index contributed by atoms with van der Waals surface area (Å²) in [6.45, 7) is 2.34. The van der Waals surface area contributed by atoms with Crippen molar-refractivity contribution in [3.05, 3.63) is 4.88 Å². The molecule has 0 saturated heterocycles. The van der Waals surface area contributed by atoms with Crippen molar-refractivity contribution in [2.45, 2.75) is 24.3 Å². The summed E-state index contributed by atoms with van der Waals surface area (Å²) in [6, 6.07) is -0.0840. The van der Waals surface area contributed by atoms with Gasteiger partial charge in [-0.3, -0.25) is 4.79 Å². The molecule has 1 unspecified atom stereocenters. The average molecular weight is 321 g/mol. The highest BCUT2D eigenvalue weighted by molar-refractivity contribution is 7.91. The van der Waals surface area contributed by atoms with Gasteiger partial charge in [0.05, 0.1) is 12.3 Å². The molecule has 0 spiro atoms. The topological polar surface area (TPSA) is 125 Å². The van der Waals surface area contributed by atoms with Gasteiger partial charge in [-0.05, 0) is 6.42 Å². The van der Waals surface area contributed by atoms with Gasteiger partial charge in [-0.1, -0.05) is 6.92 Å². The molecular weight excluding hydrogens is 302 g/mol. The van der Waals surface area contributed by atoms with Crippen molar-refractivity contribution < 1.29 is 17.9 Å². The molecule has 7 nitrogen and oxygen atoms in total. The van der Waals surface area contributed by atoms with Gasteiger partial charge < -0.3 is 21.5 Å². The van der Waals surface area contributed by atoms with Crippen LogP contribution in [0.2, 0.25) is 0 Å². The number of nitrogens with one attached hydrogen (secondary N) is 1. The molecular formula is C11H19N3O4S2. The number of ether oxygens (including phenoxy) is 1. The third-order valence-corrected chi connectivity index (χ3v) is 5.14. The number of anilines is 2. The van der Waals surface area contributed by atoms with E-state index in [9.17, 15) is 13.2 Å². The number of sulfone groups is 1. The van der Waals surface area contributed by atoms with Gasteiger partial charge in [0.1, 0.15) is 14.8 Å². The van der Waals surface area contributed by atoms with E-state index in [0.29, 0.717) is 11.6 Å². The lowest BCUT2D eigenvalue weighted by Gasteiger charge is -2.16. The second-order valence-corrected chi connectivity index (χ2v) is 7.32. The monoisotopic (exact) mass is 321 g/mol. The first-order valence-electron chi connectivity index (χ1n) is 5.89. The molecule has 114 valence electrons. The highest BCUT2D eigenvalue weighted by Gasteiger charge is 2.27. The van der Waals surface area contributed by atoms with Crippen molar-refractivity contribution in [2.24, 2.45) is 5.73 Å². The van der Waals surface area contributed by atoms with Crippen LogP contribution in [0.5, 0.6) is 0 Å². The van der Waals surface area contributed by atoms with Crippen molar-refractivity contribution in [3.63, 3.8) is 0 Å². The Kier molecular flexibility index (Phi) is 5.37. The van der Waals surface area contributed by atoms with Crippen LogP contribution >= 0.6 is 11.3 Å². The van der Waals surface area contributed by atoms with E-state index >= 15 is 0 Å². The lowest BCUT2D eigenvalue weighted by molar-refractivity contribution is 0.100. The molecule has 0 bridgehead atoms. The third-order valence-electron chi connectivity index (χ3n) is 2.69. The number of hydrogen-bond donors (Lipinski definition) is 3. The van der Waals surface area contributed by atoms with Crippen LogP contribution in [0, 0.1) is 0 Å². The zero-order chi connectivity index (χ0) is 15.5. The van der Waals surface area contributed by atoms with E-state index in [2.05, 4.69) is 5.32 Å². The van der Waals surface area contributed by atoms with Crippen LogP contribution in [0.4, 0.5) is 10.7 Å². The molecule has 0 aliphatic heterocycles. The average Bonchev–Trinajstić information content (AvgIpc) is 2.65. The van der Waals surface area contributed by atoms with Gasteiger partial charge in [0.25, 0.3) is 5.91 Å². The predicted octanol–water partition coefficient (Wildman–Crippen LogP) is 0.670. The minimum Gasteiger partial charge on any atom is -0.396 e. The van der Waals surface area contributed by atoms with Crippen molar-refractivity contribution >= 4 is 37.8 Å². The Morgan fingerprint density at radius 2 is 2.10 bits per heavy atom. The summed E-state index contributed by atoms with van der Waals surface area (Å²) in [7, 11) is -2.02. The van der Waals surface area contributed by atoms with E-state index in [-0.39, 0.29) is 21.5 Å². The molecule has 0 fully saturated rings. The van der Waals surface area contributed by atoms with Crippen LogP contribution in [0.3, 0.4) is 0 Å². The van der Waals surface area contributed by atoms with Crippen molar-refractivity contribution in [1.29, 1.82) is 0 Å². The molecule has 9 heteroatoms. The Morgan fingerprint density at radius 1 is 1.50 bits per heavy atom. The summed E-state index contributed by atoms with van der Waals surface area (Å²) in [5.41, 5.74) is 10.9. The summed E-state index contributed by atoms with van der Waals surface area (Å²) in [6.07, 6.45) is 1.76. The molecule has 0 aliphatic carbocycles. The molecule has 0 aromatic carbocycles. The summed E-state index contributed by atoms with van der Waals surface area (Å²) < 4.78 is 28.7. The van der Waals surface area contributed by atoms with Gasteiger partial charge in [-0.25, -0.2) is 8.42 Å². The zero-order valence-electron chi connectivity index (χ0n) is 11.6. The van der Waals surface area contributed by atoms with E-state index in [1.165, 1.54) is 0 Å². The summed E-state index contributed by atoms with van der Waals surface area (Å²) in [5, 5.41) is 3.37. The molecule has 1 aromatic heterocycles. The van der Waals surface area contributed by atoms with E-state index in [4.69, 9.17) is 16.2 Å². The largest absolute Gasteiger partial charge is 0.396 e. The maximum absolute atomic E-state index is 11.8. The molecule has 0 saturated carbocycles. The minimum atomic E-state index is -3.57. The number of nitrogen functional groups attached to an aromatic ring is 1. The molecule has 0 aliphatic rings. The molecule has 1 rings (SSSR count). The van der Waals surface area contributed by atoms with E-state index in [0.717, 1.165) is 24.0 Å². The van der Waals surface area contributed by atoms with E-state index < -0.39 is 15.7 Å². The van der Waals surface area contributed by atoms with Gasteiger partial charge >= 0.3 is 0 Å². The van der Waals surface area contributed by atoms with Crippen LogP contribution in [0.15, 0.2) is 4.90 Å². The Morgan fingerprint density at radius 3 is 2.50 bits per heavy atom. The standard InChI is InChI=1S/C11H19N3O4S2/c1-4-6(5-18-2)14-11-9(20(3,16)17)7(12)8(19-11)10(13)15/h6,14H,4-5,12H2,1-3H3,(H2,13,15). The molecule has 5 N–H and O–H groups in total. The maximum atomic E-state index is 11.8. The normalized spacial score (nSPS) is 13.2. The Bertz CT molecular complexity index is 595. The Balaban J connectivity index is 3.31. The van der Waals surface area contributed by atoms with Crippen LogP contribution in [0.1, 0.15) is 23.0 Å². The number of hydrogen-bond acceptors (Lipinski definition) is 7. The third kappa shape index (κ3) is 3.62. The highest BCUT2D eigenvalue weighted by atomic mass is 32.2. The summed E-state index contributed by atoms with van der Waals surface area (Å²) in [4.78, 5) is 11.3. The molecule has 1 amide bonds. The van der Waals surface area contributed by atoms with E-state index in [1.54, 1.807) is 7.11 Å². The number of carbonyl (C=O) groups is 1. The number of nitrogens with two attached hydrogens (primary N) is 2. The second kappa shape index (κ2) is 6.42. The number of amides is 1. The molecule has 1 aromatic rings. The smallest absolute Gasteiger partial charge is 0.261 e. The fourth-order valence-electron chi connectivity index (χ4n) is 1.72. The van der Waals surface area contributed by atoms with Crippen LogP contribution in [0.25, 0.3) is 0 Å². The summed E-state index contributed by atoms with van der Waals surface area (Å²) in [5.74, 6) is -0.745. The number of primary amides is 1. The van der Waals surface area contributed by atoms with Gasteiger partial charge in [0.2, 0.25) is 0 Å². The Hall–Kier alpha value is -1.32. The molecule has 20 heavy (non-hydrogen) atoms. The quantitative estimate of drug-likeness (QED) is 0.678. The van der Waals surface area contributed by atoms with Crippen molar-refractivity contribution in [2.75, 3.05) is 31.0 Å². The van der Waals surface area contributed by atoms with Crippen molar-refractivity contribution in [1.82, 2.24) is 0 Å². The first kappa shape index (κ1) is 16.7. The van der Waals surface area contributed by atoms with Crippen LogP contribution in [-0.2, 0) is 14.6 Å². The van der Waals surface area contributed by atoms with Crippen molar-refractivity contribution in [3.8, 4) is 0 Å². The first-order chi connectivity index (χ1) is 9.22. The SMILES string of the molecule is CCC(COC)Nc1sc(C(N)=O)c(N)c1S(C)(=O)=O. The maximum Gasteiger partial charge on any atom is 0.261 e. The molecule has 1 heterocycles. The highest BCUT2D eigenvalue weighted by Crippen LogP contribution is 2.39. The fourth-order valence-corrected chi connectivity index (χ4v) is 4.21. The number of thiophene rings is 1. The van der Waals surface area contributed by atoms with E-state index in [1.807, 2.05) is 6.92 Å². The first-order valence-corrected chi connectivity index (χ1v) is 8.60. The van der Waals surface area contributed by atoms with Crippen LogP contribution in [-0.4, -0.2) is 40.3 Å². The van der Waals surface area contributed by atoms with Gasteiger partial charge in [-0.2, -0.15) is 0 Å². The zero-order valence-corrected chi connectivity index (χ0v) is 13.2. The lowest BCUT2D eigenvalue weighted by atomic mass is 10.2. The van der Waals surface area contributed by atoms with Gasteiger partial charge in [-0.15, -0.1) is 11.3 Å². The molecule has 0 radical (unpaired) electrons. The lowest BCUT2D eigenvalue weighted by Crippen LogP contribution is -2.24. The van der Waals surface area contributed by atoms with Gasteiger partial charge in [0, 0.05) is 19.4 Å². The Labute approximate surface area is 122 Å². The second-order valence-electron chi connectivity index (χ2n) is 4.34. The van der Waals surface area contributed by atoms with Gasteiger partial charge in [0.15, 0.2) is 9.84 Å². The summed E-state index contributed by atoms with van der Waals surface area (Å²) >= 11 is 0.945. The molecule has 1 atom stereocenters. The number of rotatable bonds is 7.